The van der Waals surface area contributed by atoms with Gasteiger partial charge in [-0.3, -0.25) is 9.59 Å². The number of hydrogen-bond donors (Lipinski definition) is 4. The molecule has 8 heteroatoms. The molecule has 7 nitrogen and oxygen atoms in total. The number of aliphatic hydroxyl groups excluding tert-OH is 1. The number of aliphatic hydroxyl groups is 1. The monoisotopic (exact) mass is 530 g/mol. The summed E-state index contributed by atoms with van der Waals surface area (Å²) in [6.07, 6.45) is 13.5. The Hall–Kier alpha value is -3.29. The van der Waals surface area contributed by atoms with Crippen LogP contribution in [0.5, 0.6) is 11.5 Å². The first-order chi connectivity index (χ1) is 17.3. The summed E-state index contributed by atoms with van der Waals surface area (Å²) in [6.45, 7) is 9.24. The van der Waals surface area contributed by atoms with E-state index in [2.05, 4.69) is 10.6 Å². The van der Waals surface area contributed by atoms with Crippen molar-refractivity contribution < 1.29 is 24.5 Å². The highest BCUT2D eigenvalue weighted by atomic mass is 35.5. The van der Waals surface area contributed by atoms with Gasteiger partial charge >= 0.3 is 0 Å². The quantitative estimate of drug-likeness (QED) is 0.215. The van der Waals surface area contributed by atoms with Gasteiger partial charge in [-0.25, -0.2) is 0 Å². The maximum Gasteiger partial charge on any atom is 0.247 e. The Kier molecular flexibility index (Phi) is 13.5. The van der Waals surface area contributed by atoms with Crippen molar-refractivity contribution in [2.45, 2.75) is 59.6 Å². The summed E-state index contributed by atoms with van der Waals surface area (Å²) >= 11 is 5.76. The molecule has 0 fully saturated rings. The molecule has 1 rings (SSSR count). The number of amides is 2. The van der Waals surface area contributed by atoms with E-state index in [-0.39, 0.29) is 11.7 Å². The number of halogens is 1. The highest BCUT2D eigenvalue weighted by molar-refractivity contribution is 6.29. The first-order valence-corrected chi connectivity index (χ1v) is 12.4. The molecule has 2 atom stereocenters. The number of methoxy groups -OCH3 is 1. The SMILES string of the molecule is COc1cc(C=C(C)C=CC=CC(=O)N[C@H](C(=O)NC=CC[C@@H](O)CC=C(C)Cl)C(C)(C)C)ccc1O. The lowest BCUT2D eigenvalue weighted by atomic mass is 9.86. The van der Waals surface area contributed by atoms with E-state index >= 15 is 0 Å². The Morgan fingerprint density at radius 1 is 1.14 bits per heavy atom. The van der Waals surface area contributed by atoms with Gasteiger partial charge in [-0.05, 0) is 56.0 Å². The Labute approximate surface area is 225 Å². The van der Waals surface area contributed by atoms with E-state index in [1.54, 1.807) is 49.4 Å². The molecule has 37 heavy (non-hydrogen) atoms. The summed E-state index contributed by atoms with van der Waals surface area (Å²) in [7, 11) is 1.49. The first-order valence-electron chi connectivity index (χ1n) is 12.0. The van der Waals surface area contributed by atoms with Gasteiger partial charge in [-0.1, -0.05) is 80.5 Å². The van der Waals surface area contributed by atoms with Gasteiger partial charge < -0.3 is 25.6 Å². The van der Waals surface area contributed by atoms with Gasteiger partial charge in [0.05, 0.1) is 13.2 Å². The first kappa shape index (κ1) is 31.7. The number of nitrogens with one attached hydrogen (secondary N) is 2. The van der Waals surface area contributed by atoms with E-state index < -0.39 is 23.5 Å². The van der Waals surface area contributed by atoms with Gasteiger partial charge in [-0.15, -0.1) is 0 Å². The highest BCUT2D eigenvalue weighted by Gasteiger charge is 2.31. The number of benzene rings is 1. The molecule has 0 aromatic heterocycles. The van der Waals surface area contributed by atoms with Crippen LogP contribution in [0.15, 0.2) is 71.5 Å². The van der Waals surface area contributed by atoms with Crippen molar-refractivity contribution in [2.24, 2.45) is 5.41 Å². The number of ether oxygens (including phenoxy) is 1. The summed E-state index contributed by atoms with van der Waals surface area (Å²) in [6, 6.07) is 4.29. The normalized spacial score (nSPS) is 14.8. The van der Waals surface area contributed by atoms with E-state index in [4.69, 9.17) is 16.3 Å². The molecule has 0 heterocycles. The predicted molar refractivity (Wildman–Crippen MR) is 150 cm³/mol. The van der Waals surface area contributed by atoms with Gasteiger partial charge in [-0.2, -0.15) is 0 Å². The van der Waals surface area contributed by atoms with Gasteiger partial charge in [0.15, 0.2) is 11.5 Å². The van der Waals surface area contributed by atoms with E-state index in [1.807, 2.05) is 39.8 Å². The molecule has 4 N–H and O–H groups in total. The molecule has 0 aliphatic heterocycles. The minimum Gasteiger partial charge on any atom is -0.504 e. The van der Waals surface area contributed by atoms with Crippen LogP contribution in [0.4, 0.5) is 0 Å². The Balaban J connectivity index is 2.69. The number of carbonyl (C=O) groups excluding carboxylic acids is 2. The van der Waals surface area contributed by atoms with Gasteiger partial charge in [0, 0.05) is 11.1 Å². The average Bonchev–Trinajstić information content (AvgIpc) is 2.82. The maximum atomic E-state index is 12.7. The summed E-state index contributed by atoms with van der Waals surface area (Å²) in [5, 5.41) is 25.7. The van der Waals surface area contributed by atoms with E-state index in [0.717, 1.165) is 11.1 Å². The van der Waals surface area contributed by atoms with Crippen molar-refractivity contribution in [1.82, 2.24) is 10.6 Å². The second-order valence-electron chi connectivity index (χ2n) is 9.67. The molecule has 0 saturated heterocycles. The molecule has 0 aliphatic rings. The van der Waals surface area contributed by atoms with Crippen LogP contribution in [0, 0.1) is 5.41 Å². The fraction of sp³-hybridized carbons (Fsp3) is 0.379. The van der Waals surface area contributed by atoms with Crippen LogP contribution in [0.2, 0.25) is 0 Å². The zero-order valence-electron chi connectivity index (χ0n) is 22.4. The third-order valence-electron chi connectivity index (χ3n) is 5.15. The van der Waals surface area contributed by atoms with Crippen LogP contribution in [0.25, 0.3) is 6.08 Å². The largest absolute Gasteiger partial charge is 0.504 e. The molecule has 0 saturated carbocycles. The molecule has 0 unspecified atom stereocenters. The number of hydrogen-bond acceptors (Lipinski definition) is 5. The summed E-state index contributed by atoms with van der Waals surface area (Å²) in [5.41, 5.74) is 1.27. The molecule has 2 amide bonds. The fourth-order valence-electron chi connectivity index (χ4n) is 3.16. The van der Waals surface area contributed by atoms with E-state index in [1.165, 1.54) is 19.4 Å². The van der Waals surface area contributed by atoms with Crippen molar-refractivity contribution >= 4 is 29.5 Å². The Morgan fingerprint density at radius 3 is 2.43 bits per heavy atom. The number of rotatable bonds is 12. The highest BCUT2D eigenvalue weighted by Crippen LogP contribution is 2.27. The number of aromatic hydroxyl groups is 1. The molecular formula is C29H39ClN2O5. The average molecular weight is 531 g/mol. The third kappa shape index (κ3) is 13.0. The molecule has 0 spiro atoms. The van der Waals surface area contributed by atoms with Crippen LogP contribution < -0.4 is 15.4 Å². The Morgan fingerprint density at radius 2 is 1.81 bits per heavy atom. The predicted octanol–water partition coefficient (Wildman–Crippen LogP) is 5.36. The third-order valence-corrected chi connectivity index (χ3v) is 5.31. The van der Waals surface area contributed by atoms with Gasteiger partial charge in [0.25, 0.3) is 0 Å². The second kappa shape index (κ2) is 15.7. The van der Waals surface area contributed by atoms with Crippen molar-refractivity contribution in [3.63, 3.8) is 0 Å². The van der Waals surface area contributed by atoms with Crippen molar-refractivity contribution in [3.05, 3.63) is 77.0 Å². The van der Waals surface area contributed by atoms with Crippen LogP contribution in [-0.4, -0.2) is 41.3 Å². The van der Waals surface area contributed by atoms with E-state index in [9.17, 15) is 19.8 Å². The minimum absolute atomic E-state index is 0.0738. The smallest absolute Gasteiger partial charge is 0.247 e. The summed E-state index contributed by atoms with van der Waals surface area (Å²) in [4.78, 5) is 25.2. The topological polar surface area (TPSA) is 108 Å². The molecular weight excluding hydrogens is 492 g/mol. The lowest BCUT2D eigenvalue weighted by molar-refractivity contribution is -0.129. The Bertz CT molecular complexity index is 1060. The summed E-state index contributed by atoms with van der Waals surface area (Å²) < 4.78 is 5.12. The molecule has 0 aliphatic carbocycles. The van der Waals surface area contributed by atoms with Crippen LogP contribution in [0.3, 0.4) is 0 Å². The van der Waals surface area contributed by atoms with Gasteiger partial charge in [0.1, 0.15) is 6.04 Å². The van der Waals surface area contributed by atoms with Crippen LogP contribution in [-0.2, 0) is 9.59 Å². The zero-order valence-corrected chi connectivity index (χ0v) is 23.2. The molecule has 202 valence electrons. The zero-order chi connectivity index (χ0) is 28.0. The minimum atomic E-state index is -0.767. The molecule has 0 radical (unpaired) electrons. The number of allylic oxidation sites excluding steroid dienone is 5. The second-order valence-corrected chi connectivity index (χ2v) is 10.3. The summed E-state index contributed by atoms with van der Waals surface area (Å²) in [5.74, 6) is -0.283. The molecule has 1 aromatic carbocycles. The van der Waals surface area contributed by atoms with Crippen molar-refractivity contribution in [1.29, 1.82) is 0 Å². The van der Waals surface area contributed by atoms with Crippen LogP contribution in [0.1, 0.15) is 53.0 Å². The van der Waals surface area contributed by atoms with E-state index in [0.29, 0.717) is 23.6 Å². The van der Waals surface area contributed by atoms with Crippen LogP contribution >= 0.6 is 11.6 Å². The number of carbonyl (C=O) groups is 2. The molecule has 0 bridgehead atoms. The fourth-order valence-corrected chi connectivity index (χ4v) is 3.24. The van der Waals surface area contributed by atoms with Gasteiger partial charge in [0.2, 0.25) is 11.8 Å². The lowest BCUT2D eigenvalue weighted by Gasteiger charge is -2.29. The lowest BCUT2D eigenvalue weighted by Crippen LogP contribution is -2.52. The maximum absolute atomic E-state index is 12.7. The molecule has 1 aromatic rings. The van der Waals surface area contributed by atoms with Crippen molar-refractivity contribution in [3.8, 4) is 11.5 Å². The number of phenolic OH excluding ortho intramolecular Hbond substituents is 1. The van der Waals surface area contributed by atoms with Crippen molar-refractivity contribution in [2.75, 3.05) is 7.11 Å². The number of phenols is 1. The standard InChI is InChI=1S/C29H39ClN2O5/c1-20(18-22-14-16-24(34)25(19-22)37-6)10-7-8-12-26(35)32-27(29(3,4)5)28(36)31-17-9-11-23(33)15-13-21(2)30/h7-10,12-14,16-19,23,27,33-34H,11,15H2,1-6H3,(H,31,36)(H,32,35)/t23-,27-/m1/s1.